The highest BCUT2D eigenvalue weighted by molar-refractivity contribution is 7.10. The topological polar surface area (TPSA) is 38.0 Å². The molecule has 3 heteroatoms. The van der Waals surface area contributed by atoms with E-state index in [2.05, 4.69) is 22.8 Å². The minimum absolute atomic E-state index is 0.514. The van der Waals surface area contributed by atoms with Crippen molar-refractivity contribution in [3.05, 3.63) is 22.4 Å². The van der Waals surface area contributed by atoms with Gasteiger partial charge < -0.3 is 11.1 Å². The zero-order valence-corrected chi connectivity index (χ0v) is 8.52. The Labute approximate surface area is 83.1 Å². The Morgan fingerprint density at radius 3 is 3.00 bits per heavy atom. The second-order valence-electron chi connectivity index (χ2n) is 3.63. The van der Waals surface area contributed by atoms with Crippen LogP contribution in [0.25, 0.3) is 0 Å². The molecule has 1 heterocycles. The lowest BCUT2D eigenvalue weighted by Gasteiger charge is -2.13. The molecule has 0 bridgehead atoms. The molecule has 1 atom stereocenters. The molecular weight excluding hydrogens is 180 g/mol. The van der Waals surface area contributed by atoms with E-state index in [9.17, 15) is 0 Å². The molecule has 2 rings (SSSR count). The largest absolute Gasteiger partial charge is 0.330 e. The Balaban J connectivity index is 1.85. The molecule has 2 nitrogen and oxygen atoms in total. The van der Waals surface area contributed by atoms with Crippen molar-refractivity contribution in [3.63, 3.8) is 0 Å². The molecule has 72 valence electrons. The zero-order valence-electron chi connectivity index (χ0n) is 7.70. The summed E-state index contributed by atoms with van der Waals surface area (Å²) in [5.41, 5.74) is 5.74. The van der Waals surface area contributed by atoms with Crippen molar-refractivity contribution < 1.29 is 0 Å². The Morgan fingerprint density at radius 1 is 1.62 bits per heavy atom. The van der Waals surface area contributed by atoms with Crippen LogP contribution in [0.15, 0.2) is 17.5 Å². The Bertz CT molecular complexity index is 241. The molecule has 3 N–H and O–H groups in total. The van der Waals surface area contributed by atoms with Crippen molar-refractivity contribution in [2.45, 2.75) is 24.8 Å². The average molecular weight is 196 g/mol. The fourth-order valence-electron chi connectivity index (χ4n) is 1.42. The summed E-state index contributed by atoms with van der Waals surface area (Å²) in [6.07, 6.45) is 2.70. The lowest BCUT2D eigenvalue weighted by molar-refractivity contribution is 0.592. The number of nitrogens with one attached hydrogen (secondary N) is 1. The van der Waals surface area contributed by atoms with Crippen LogP contribution >= 0.6 is 11.3 Å². The van der Waals surface area contributed by atoms with Gasteiger partial charge in [0, 0.05) is 29.9 Å². The smallest absolute Gasteiger partial charge is 0.0181 e. The number of hydrogen-bond acceptors (Lipinski definition) is 3. The summed E-state index contributed by atoms with van der Waals surface area (Å²) in [6, 6.07) is 5.06. The third-order valence-electron chi connectivity index (χ3n) is 2.46. The second kappa shape index (κ2) is 4.22. The van der Waals surface area contributed by atoms with Crippen LogP contribution in [0, 0.1) is 0 Å². The second-order valence-corrected chi connectivity index (χ2v) is 4.61. The summed E-state index contributed by atoms with van der Waals surface area (Å²) >= 11 is 1.81. The molecule has 1 aromatic heterocycles. The first-order valence-corrected chi connectivity index (χ1v) is 5.75. The van der Waals surface area contributed by atoms with Crippen LogP contribution < -0.4 is 11.1 Å². The number of hydrogen-bond donors (Lipinski definition) is 2. The van der Waals surface area contributed by atoms with E-state index in [-0.39, 0.29) is 0 Å². The van der Waals surface area contributed by atoms with Crippen molar-refractivity contribution in [1.29, 1.82) is 0 Å². The summed E-state index contributed by atoms with van der Waals surface area (Å²) in [4.78, 5) is 1.41. The van der Waals surface area contributed by atoms with Crippen LogP contribution in [0.3, 0.4) is 0 Å². The van der Waals surface area contributed by atoms with E-state index in [1.54, 1.807) is 0 Å². The number of nitrogens with two attached hydrogens (primary N) is 1. The van der Waals surface area contributed by atoms with Crippen LogP contribution in [0.5, 0.6) is 0 Å². The summed E-state index contributed by atoms with van der Waals surface area (Å²) in [6.45, 7) is 1.79. The maximum Gasteiger partial charge on any atom is 0.0181 e. The first-order valence-electron chi connectivity index (χ1n) is 4.87. The maximum absolute atomic E-state index is 5.74. The standard InChI is InChI=1S/C10H16N2S/c11-6-8(7-12-9-3-4-9)10-2-1-5-13-10/h1-2,5,8-9,12H,3-4,6-7,11H2. The van der Waals surface area contributed by atoms with Crippen molar-refractivity contribution >= 4 is 11.3 Å². The molecule has 1 aromatic rings. The minimum atomic E-state index is 0.514. The van der Waals surface area contributed by atoms with E-state index in [1.807, 2.05) is 11.3 Å². The van der Waals surface area contributed by atoms with Gasteiger partial charge in [-0.3, -0.25) is 0 Å². The van der Waals surface area contributed by atoms with Gasteiger partial charge in [-0.05, 0) is 24.3 Å². The highest BCUT2D eigenvalue weighted by atomic mass is 32.1. The molecule has 0 amide bonds. The maximum atomic E-state index is 5.74. The molecule has 1 fully saturated rings. The molecule has 0 spiro atoms. The average Bonchev–Trinajstić information content (AvgIpc) is 2.81. The van der Waals surface area contributed by atoms with Crippen LogP contribution in [-0.4, -0.2) is 19.1 Å². The van der Waals surface area contributed by atoms with Gasteiger partial charge in [-0.1, -0.05) is 6.07 Å². The first-order chi connectivity index (χ1) is 6.40. The van der Waals surface area contributed by atoms with Crippen LogP contribution in [0.1, 0.15) is 23.6 Å². The van der Waals surface area contributed by atoms with Gasteiger partial charge in [-0.25, -0.2) is 0 Å². The fourth-order valence-corrected chi connectivity index (χ4v) is 2.26. The van der Waals surface area contributed by atoms with Gasteiger partial charge in [0.05, 0.1) is 0 Å². The van der Waals surface area contributed by atoms with Gasteiger partial charge in [0.1, 0.15) is 0 Å². The number of thiophene rings is 1. The summed E-state index contributed by atoms with van der Waals surface area (Å²) in [5.74, 6) is 0.514. The summed E-state index contributed by atoms with van der Waals surface area (Å²) in [5, 5.41) is 5.64. The molecule has 1 aliphatic rings. The fraction of sp³-hybridized carbons (Fsp3) is 0.600. The molecule has 1 saturated carbocycles. The van der Waals surface area contributed by atoms with E-state index >= 15 is 0 Å². The monoisotopic (exact) mass is 196 g/mol. The van der Waals surface area contributed by atoms with Gasteiger partial charge in [-0.15, -0.1) is 11.3 Å². The van der Waals surface area contributed by atoms with Crippen molar-refractivity contribution in [2.24, 2.45) is 5.73 Å². The van der Waals surface area contributed by atoms with E-state index in [0.29, 0.717) is 5.92 Å². The summed E-state index contributed by atoms with van der Waals surface area (Å²) < 4.78 is 0. The highest BCUT2D eigenvalue weighted by Crippen LogP contribution is 2.23. The van der Waals surface area contributed by atoms with Gasteiger partial charge in [0.25, 0.3) is 0 Å². The first kappa shape index (κ1) is 9.19. The lowest BCUT2D eigenvalue weighted by Crippen LogP contribution is -2.27. The molecule has 13 heavy (non-hydrogen) atoms. The van der Waals surface area contributed by atoms with Crippen LogP contribution in [0.2, 0.25) is 0 Å². The molecule has 1 unspecified atom stereocenters. The van der Waals surface area contributed by atoms with E-state index in [4.69, 9.17) is 5.73 Å². The van der Waals surface area contributed by atoms with Gasteiger partial charge >= 0.3 is 0 Å². The zero-order chi connectivity index (χ0) is 9.10. The highest BCUT2D eigenvalue weighted by Gasteiger charge is 2.22. The third kappa shape index (κ3) is 2.53. The Morgan fingerprint density at radius 2 is 2.46 bits per heavy atom. The van der Waals surface area contributed by atoms with Crippen LogP contribution in [0.4, 0.5) is 0 Å². The summed E-state index contributed by atoms with van der Waals surface area (Å²) in [7, 11) is 0. The number of rotatable bonds is 5. The minimum Gasteiger partial charge on any atom is -0.330 e. The van der Waals surface area contributed by atoms with Gasteiger partial charge in [-0.2, -0.15) is 0 Å². The van der Waals surface area contributed by atoms with Gasteiger partial charge in [0.15, 0.2) is 0 Å². The predicted molar refractivity (Wildman–Crippen MR) is 57.1 cm³/mol. The van der Waals surface area contributed by atoms with Crippen LogP contribution in [-0.2, 0) is 0 Å². The Kier molecular flexibility index (Phi) is 2.98. The molecular formula is C10H16N2S. The van der Waals surface area contributed by atoms with E-state index < -0.39 is 0 Å². The van der Waals surface area contributed by atoms with Crippen molar-refractivity contribution in [2.75, 3.05) is 13.1 Å². The quantitative estimate of drug-likeness (QED) is 0.749. The molecule has 0 radical (unpaired) electrons. The van der Waals surface area contributed by atoms with Gasteiger partial charge in [0.2, 0.25) is 0 Å². The van der Waals surface area contributed by atoms with E-state index in [0.717, 1.165) is 19.1 Å². The molecule has 1 aliphatic carbocycles. The normalized spacial score (nSPS) is 18.8. The van der Waals surface area contributed by atoms with Crippen molar-refractivity contribution in [1.82, 2.24) is 5.32 Å². The SMILES string of the molecule is NCC(CNC1CC1)c1cccs1. The molecule has 0 aromatic carbocycles. The lowest BCUT2D eigenvalue weighted by atomic mass is 10.1. The molecule has 0 saturated heterocycles. The van der Waals surface area contributed by atoms with Crippen molar-refractivity contribution in [3.8, 4) is 0 Å². The third-order valence-corrected chi connectivity index (χ3v) is 3.50. The Hall–Kier alpha value is -0.380. The predicted octanol–water partition coefficient (Wildman–Crippen LogP) is 1.54. The van der Waals surface area contributed by atoms with E-state index in [1.165, 1.54) is 17.7 Å². The molecule has 0 aliphatic heterocycles.